The molecule has 1 aromatic heterocycles. The Bertz CT molecular complexity index is 889. The minimum Gasteiger partial charge on any atom is -0.482 e. The Balaban J connectivity index is 1.62. The molecule has 4 nitrogen and oxygen atoms in total. The normalized spacial score (nSPS) is 13.5. The second-order valence-electron chi connectivity index (χ2n) is 5.71. The molecule has 0 saturated carbocycles. The maximum absolute atomic E-state index is 11.8. The van der Waals surface area contributed by atoms with Crippen molar-refractivity contribution in [3.8, 4) is 17.0 Å². The van der Waals surface area contributed by atoms with Gasteiger partial charge in [0, 0.05) is 24.4 Å². The third-order valence-corrected chi connectivity index (χ3v) is 4.94. The molecular weight excluding hydrogens is 320 g/mol. The quantitative estimate of drug-likeness (QED) is 0.731. The molecule has 1 amide bonds. The van der Waals surface area contributed by atoms with Gasteiger partial charge >= 0.3 is 0 Å². The lowest BCUT2D eigenvalue weighted by molar-refractivity contribution is -0.120. The van der Waals surface area contributed by atoms with Gasteiger partial charge in [0.2, 0.25) is 0 Å². The number of ether oxygens (including phenoxy) is 1. The number of hydrogen-bond donors (Lipinski definition) is 0. The van der Waals surface area contributed by atoms with Gasteiger partial charge in [-0.15, -0.1) is 11.3 Å². The molecule has 0 radical (unpaired) electrons. The summed E-state index contributed by atoms with van der Waals surface area (Å²) in [6.07, 6.45) is 0.831. The van der Waals surface area contributed by atoms with E-state index in [1.807, 2.05) is 36.4 Å². The molecule has 2 heterocycles. The SMILES string of the molecule is CN1C(=O)COc2ccc(-c3csc(Cc4ccccc4)n3)cc21. The van der Waals surface area contributed by atoms with E-state index in [4.69, 9.17) is 9.72 Å². The van der Waals surface area contributed by atoms with E-state index in [0.29, 0.717) is 0 Å². The summed E-state index contributed by atoms with van der Waals surface area (Å²) >= 11 is 1.66. The second kappa shape index (κ2) is 6.09. The predicted octanol–water partition coefficient (Wildman–Crippen LogP) is 3.76. The highest BCUT2D eigenvalue weighted by Crippen LogP contribution is 2.35. The van der Waals surface area contributed by atoms with Crippen molar-refractivity contribution < 1.29 is 9.53 Å². The lowest BCUT2D eigenvalue weighted by Crippen LogP contribution is -2.35. The van der Waals surface area contributed by atoms with E-state index < -0.39 is 0 Å². The summed E-state index contributed by atoms with van der Waals surface area (Å²) in [7, 11) is 1.77. The average molecular weight is 336 g/mol. The summed E-state index contributed by atoms with van der Waals surface area (Å²) in [6.45, 7) is 0.0980. The third kappa shape index (κ3) is 2.78. The summed E-state index contributed by atoms with van der Waals surface area (Å²) in [4.78, 5) is 18.2. The Kier molecular flexibility index (Phi) is 3.78. The van der Waals surface area contributed by atoms with Crippen LogP contribution in [0.2, 0.25) is 0 Å². The second-order valence-corrected chi connectivity index (χ2v) is 6.66. The van der Waals surface area contributed by atoms with Crippen LogP contribution in [0.3, 0.4) is 0 Å². The van der Waals surface area contributed by atoms with Crippen LogP contribution in [-0.2, 0) is 11.2 Å². The van der Waals surface area contributed by atoms with Crippen molar-refractivity contribution in [2.24, 2.45) is 0 Å². The maximum Gasteiger partial charge on any atom is 0.264 e. The van der Waals surface area contributed by atoms with Crippen LogP contribution < -0.4 is 9.64 Å². The molecule has 1 aliphatic rings. The molecule has 4 rings (SSSR count). The summed E-state index contributed by atoms with van der Waals surface area (Å²) in [5, 5.41) is 3.14. The van der Waals surface area contributed by atoms with Crippen LogP contribution in [0.25, 0.3) is 11.3 Å². The molecule has 0 saturated heterocycles. The number of carbonyl (C=O) groups excluding carboxylic acids is 1. The summed E-state index contributed by atoms with van der Waals surface area (Å²) < 4.78 is 5.47. The minimum atomic E-state index is -0.0392. The maximum atomic E-state index is 11.8. The van der Waals surface area contributed by atoms with Crippen molar-refractivity contribution in [1.82, 2.24) is 4.98 Å². The van der Waals surface area contributed by atoms with Crippen molar-refractivity contribution in [3.63, 3.8) is 0 Å². The highest BCUT2D eigenvalue weighted by molar-refractivity contribution is 7.10. The number of likely N-dealkylation sites (N-methyl/N-ethyl adjacent to an activating group) is 1. The number of thiazole rings is 1. The van der Waals surface area contributed by atoms with Gasteiger partial charge in [-0.3, -0.25) is 4.79 Å². The van der Waals surface area contributed by atoms with Crippen molar-refractivity contribution >= 4 is 22.9 Å². The molecule has 0 atom stereocenters. The van der Waals surface area contributed by atoms with Crippen LogP contribution in [-0.4, -0.2) is 24.5 Å². The van der Waals surface area contributed by atoms with Crippen molar-refractivity contribution in [3.05, 3.63) is 64.5 Å². The number of nitrogens with zero attached hydrogens (tertiary/aromatic N) is 2. The van der Waals surface area contributed by atoms with E-state index in [1.54, 1.807) is 23.3 Å². The van der Waals surface area contributed by atoms with E-state index in [1.165, 1.54) is 5.56 Å². The van der Waals surface area contributed by atoms with Crippen LogP contribution in [0, 0.1) is 0 Å². The van der Waals surface area contributed by atoms with Crippen molar-refractivity contribution in [2.45, 2.75) is 6.42 Å². The number of aromatic nitrogens is 1. The lowest BCUT2D eigenvalue weighted by Gasteiger charge is -2.26. The molecule has 0 N–H and O–H groups in total. The van der Waals surface area contributed by atoms with Gasteiger partial charge in [-0.1, -0.05) is 30.3 Å². The first-order valence-corrected chi connectivity index (χ1v) is 8.61. The Morgan fingerprint density at radius 3 is 2.88 bits per heavy atom. The Morgan fingerprint density at radius 1 is 1.21 bits per heavy atom. The Hall–Kier alpha value is -2.66. The molecule has 0 fully saturated rings. The number of anilines is 1. The Morgan fingerprint density at radius 2 is 2.04 bits per heavy atom. The zero-order valence-corrected chi connectivity index (χ0v) is 14.0. The van der Waals surface area contributed by atoms with Gasteiger partial charge in [-0.05, 0) is 23.8 Å². The standard InChI is InChI=1S/C19H16N2O2S/c1-21-16-10-14(7-8-17(16)23-11-19(21)22)15-12-24-18(20-15)9-13-5-3-2-4-6-13/h2-8,10,12H,9,11H2,1H3. The number of fused-ring (bicyclic) bond motifs is 1. The molecule has 0 spiro atoms. The van der Waals surface area contributed by atoms with E-state index in [2.05, 4.69) is 17.5 Å². The Labute approximate surface area is 144 Å². The first-order valence-electron chi connectivity index (χ1n) is 7.73. The minimum absolute atomic E-state index is 0.0392. The van der Waals surface area contributed by atoms with Crippen LogP contribution in [0.15, 0.2) is 53.9 Å². The van der Waals surface area contributed by atoms with Gasteiger partial charge in [0.15, 0.2) is 6.61 Å². The smallest absolute Gasteiger partial charge is 0.264 e. The van der Waals surface area contributed by atoms with Crippen molar-refractivity contribution in [1.29, 1.82) is 0 Å². The van der Waals surface area contributed by atoms with E-state index >= 15 is 0 Å². The first kappa shape index (κ1) is 14.9. The predicted molar refractivity (Wildman–Crippen MR) is 95.7 cm³/mol. The van der Waals surface area contributed by atoms with E-state index in [-0.39, 0.29) is 12.5 Å². The highest BCUT2D eigenvalue weighted by atomic mass is 32.1. The van der Waals surface area contributed by atoms with Gasteiger partial charge in [0.05, 0.1) is 16.4 Å². The highest BCUT2D eigenvalue weighted by Gasteiger charge is 2.22. The number of rotatable bonds is 3. The van der Waals surface area contributed by atoms with E-state index in [0.717, 1.165) is 34.1 Å². The summed E-state index contributed by atoms with van der Waals surface area (Å²) in [5.41, 5.74) is 3.97. The van der Waals surface area contributed by atoms with Gasteiger partial charge in [-0.25, -0.2) is 4.98 Å². The topological polar surface area (TPSA) is 42.4 Å². The fourth-order valence-corrected chi connectivity index (χ4v) is 3.56. The van der Waals surface area contributed by atoms with Gasteiger partial charge in [0.25, 0.3) is 5.91 Å². The largest absolute Gasteiger partial charge is 0.482 e. The molecular formula is C19H16N2O2S. The zero-order chi connectivity index (χ0) is 16.5. The van der Waals surface area contributed by atoms with Gasteiger partial charge in [0.1, 0.15) is 5.75 Å². The van der Waals surface area contributed by atoms with Crippen LogP contribution in [0.4, 0.5) is 5.69 Å². The summed E-state index contributed by atoms with van der Waals surface area (Å²) in [5.74, 6) is 0.697. The molecule has 5 heteroatoms. The first-order chi connectivity index (χ1) is 11.7. The van der Waals surface area contributed by atoms with Crippen LogP contribution >= 0.6 is 11.3 Å². The molecule has 24 heavy (non-hydrogen) atoms. The monoisotopic (exact) mass is 336 g/mol. The third-order valence-electron chi connectivity index (χ3n) is 4.09. The fraction of sp³-hybridized carbons (Fsp3) is 0.158. The van der Waals surface area contributed by atoms with Crippen LogP contribution in [0.5, 0.6) is 5.75 Å². The molecule has 120 valence electrons. The van der Waals surface area contributed by atoms with E-state index in [9.17, 15) is 4.79 Å². The van der Waals surface area contributed by atoms with Gasteiger partial charge in [-0.2, -0.15) is 0 Å². The number of carbonyl (C=O) groups is 1. The number of hydrogen-bond acceptors (Lipinski definition) is 4. The molecule has 3 aromatic rings. The van der Waals surface area contributed by atoms with Crippen molar-refractivity contribution in [2.75, 3.05) is 18.6 Å². The summed E-state index contributed by atoms with van der Waals surface area (Å²) in [6, 6.07) is 16.2. The molecule has 0 aliphatic carbocycles. The molecule has 0 unspecified atom stereocenters. The molecule has 1 aliphatic heterocycles. The fourth-order valence-electron chi connectivity index (χ4n) is 2.73. The molecule has 0 bridgehead atoms. The number of amides is 1. The lowest BCUT2D eigenvalue weighted by atomic mass is 10.1. The van der Waals surface area contributed by atoms with Crippen LogP contribution in [0.1, 0.15) is 10.6 Å². The molecule has 2 aromatic carbocycles. The number of benzene rings is 2. The zero-order valence-electron chi connectivity index (χ0n) is 13.2. The van der Waals surface area contributed by atoms with Gasteiger partial charge < -0.3 is 9.64 Å². The average Bonchev–Trinajstić information content (AvgIpc) is 3.07.